The number of rotatable bonds is 39. The average Bonchev–Trinajstić information content (AvgIpc) is 1.66. The van der Waals surface area contributed by atoms with E-state index in [0.29, 0.717) is 54.4 Å². The summed E-state index contributed by atoms with van der Waals surface area (Å²) in [7, 11) is -5.61. The number of halogens is 3. The number of hydrogen-bond donors (Lipinski definition) is 5. The second kappa shape index (κ2) is 38.3. The number of hydrogen-bond acceptors (Lipinski definition) is 21. The summed E-state index contributed by atoms with van der Waals surface area (Å²) in [5.41, 5.74) is 4.40. The van der Waals surface area contributed by atoms with Crippen LogP contribution in [0.25, 0.3) is 16.0 Å². The summed E-state index contributed by atoms with van der Waals surface area (Å²) in [6.07, 6.45) is 1.97. The maximum Gasteiger partial charge on any atom is 0.410 e. The molecule has 0 unspecified atom stereocenters. The van der Waals surface area contributed by atoms with Crippen LogP contribution in [0.4, 0.5) is 18.9 Å². The van der Waals surface area contributed by atoms with Gasteiger partial charge in [0.15, 0.2) is 11.5 Å². The number of carbonyl (C=O) groups excluding carboxylic acids is 9. The van der Waals surface area contributed by atoms with E-state index in [2.05, 4.69) is 20.9 Å². The van der Waals surface area contributed by atoms with Crippen molar-refractivity contribution in [3.8, 4) is 16.2 Å². The van der Waals surface area contributed by atoms with E-state index in [1.165, 1.54) is 80.9 Å². The number of anilines is 1. The molecule has 31 heteroatoms. The average molecular weight is 1630 g/mol. The number of amides is 6. The number of thiazole rings is 1. The fraction of sp³-hybridized carbons (Fsp3) is 0.542. The SMILES string of the molecule is C/C(=C\C(=O)C[C@H]1CCc2cccc3c2N(C1=O)[C@H](C(=O)N[C@@H](CCC(N)=O)[C@@H](C)OCc1ccc(CCCOCCOCCOc2cc(-c4scnc4C)ccc2CNC(=O)[C@@H]2C[C@@H](O)CN2C(=O)[C@@H](NC(=O)C2(F)CC2)C(C)(C)C)cc1)C3)c1ccc(C(F)(F)P(=O)(OCOC(=O)C(C)(C)C)OCOC(=O)C(C)(C)C)cc1. The molecule has 114 heavy (non-hydrogen) atoms. The number of likely N-dealkylation sites (tertiary alicyclic amines) is 1. The van der Waals surface area contributed by atoms with Crippen molar-refractivity contribution >= 4 is 83.4 Å². The number of benzene rings is 4. The fourth-order valence-corrected chi connectivity index (χ4v) is 15.4. The summed E-state index contributed by atoms with van der Waals surface area (Å²) in [5.74, 6) is -5.94. The van der Waals surface area contributed by atoms with Crippen molar-refractivity contribution in [1.82, 2.24) is 25.8 Å². The Bertz CT molecular complexity index is 4330. The zero-order valence-corrected chi connectivity index (χ0v) is 68.5. The van der Waals surface area contributed by atoms with Gasteiger partial charge in [0.25, 0.3) is 5.91 Å². The number of nitrogens with zero attached hydrogens (tertiary/aromatic N) is 3. The monoisotopic (exact) mass is 1630 g/mol. The minimum Gasteiger partial charge on any atom is -0.491 e. The number of carbonyl (C=O) groups is 9. The molecule has 2 fully saturated rings. The molecule has 0 spiro atoms. The highest BCUT2D eigenvalue weighted by atomic mass is 32.1. The summed E-state index contributed by atoms with van der Waals surface area (Å²) < 4.78 is 106. The van der Waals surface area contributed by atoms with Crippen LogP contribution in [0.2, 0.25) is 0 Å². The second-order valence-corrected chi connectivity index (χ2v) is 35.6. The molecule has 26 nitrogen and oxygen atoms in total. The van der Waals surface area contributed by atoms with Crippen LogP contribution in [0.5, 0.6) is 5.75 Å². The zero-order valence-electron chi connectivity index (χ0n) is 66.8. The molecule has 1 aliphatic carbocycles. The number of para-hydroxylation sites is 1. The number of esters is 2. The Hall–Kier alpha value is -8.74. The van der Waals surface area contributed by atoms with Gasteiger partial charge in [-0.3, -0.25) is 61.7 Å². The van der Waals surface area contributed by atoms with Crippen molar-refractivity contribution in [3.63, 3.8) is 0 Å². The van der Waals surface area contributed by atoms with Gasteiger partial charge in [0, 0.05) is 62.4 Å². The Kier molecular flexibility index (Phi) is 30.0. The number of nitrogens with one attached hydrogen (secondary N) is 3. The Morgan fingerprint density at radius 2 is 1.44 bits per heavy atom. The lowest BCUT2D eigenvalue weighted by Gasteiger charge is -2.35. The number of primary amides is 1. The number of ketones is 1. The normalized spacial score (nSPS) is 18.4. The van der Waals surface area contributed by atoms with Gasteiger partial charge in [-0.15, -0.1) is 11.3 Å². The number of aryl methyl sites for hydroxylation is 3. The molecule has 5 aromatic rings. The molecule has 1 aromatic heterocycles. The summed E-state index contributed by atoms with van der Waals surface area (Å²) in [4.78, 5) is 129. The first kappa shape index (κ1) is 89.2. The molecular weight excluding hydrogens is 1520 g/mol. The topological polar surface area (TPSA) is 346 Å². The number of aliphatic hydroxyl groups is 1. The maximum absolute atomic E-state index is 16.3. The molecule has 4 heterocycles. The first-order valence-corrected chi connectivity index (χ1v) is 40.8. The van der Waals surface area contributed by atoms with E-state index in [1.807, 2.05) is 67.6 Å². The summed E-state index contributed by atoms with van der Waals surface area (Å²) in [6, 6.07) is 19.7. The third-order valence-electron chi connectivity index (χ3n) is 20.3. The molecule has 4 aliphatic rings. The molecule has 0 radical (unpaired) electrons. The number of allylic oxidation sites excluding steroid dienone is 2. The third-order valence-corrected chi connectivity index (χ3v) is 23.2. The predicted octanol–water partition coefficient (Wildman–Crippen LogP) is 11.4. The molecule has 0 bridgehead atoms. The van der Waals surface area contributed by atoms with E-state index in [-0.39, 0.29) is 84.3 Å². The van der Waals surface area contributed by atoms with Crippen LogP contribution in [0.15, 0.2) is 96.5 Å². The van der Waals surface area contributed by atoms with Gasteiger partial charge < -0.3 is 60.1 Å². The van der Waals surface area contributed by atoms with Crippen molar-refractivity contribution in [2.45, 2.75) is 215 Å². The third kappa shape index (κ3) is 23.3. The molecular formula is C83H107F3N7O19PS. The first-order valence-electron chi connectivity index (χ1n) is 38.4. The van der Waals surface area contributed by atoms with E-state index in [1.54, 1.807) is 40.1 Å². The quantitative estimate of drug-likeness (QED) is 0.00802. The van der Waals surface area contributed by atoms with Crippen molar-refractivity contribution in [3.05, 3.63) is 141 Å². The van der Waals surface area contributed by atoms with Gasteiger partial charge in [0.2, 0.25) is 43.1 Å². The highest BCUT2D eigenvalue weighted by Crippen LogP contribution is 2.67. The lowest BCUT2D eigenvalue weighted by atomic mass is 9.85. The van der Waals surface area contributed by atoms with Crippen LogP contribution in [0.1, 0.15) is 172 Å². The second-order valence-electron chi connectivity index (χ2n) is 32.6. The van der Waals surface area contributed by atoms with Crippen LogP contribution < -0.4 is 31.3 Å². The molecule has 9 rings (SSSR count). The molecule has 6 amide bonds. The van der Waals surface area contributed by atoms with Crippen LogP contribution in [0.3, 0.4) is 0 Å². The van der Waals surface area contributed by atoms with E-state index in [4.69, 9.17) is 43.2 Å². The van der Waals surface area contributed by atoms with Crippen LogP contribution in [-0.4, -0.2) is 163 Å². The van der Waals surface area contributed by atoms with Crippen molar-refractivity contribution in [2.75, 3.05) is 58.1 Å². The van der Waals surface area contributed by atoms with E-state index in [9.17, 15) is 57.2 Å². The molecule has 3 aliphatic heterocycles. The lowest BCUT2D eigenvalue weighted by Crippen LogP contribution is -2.59. The molecule has 6 N–H and O–H groups in total. The van der Waals surface area contributed by atoms with Crippen LogP contribution in [-0.2, 0) is 119 Å². The number of nitrogens with two attached hydrogens (primary N) is 1. The lowest BCUT2D eigenvalue weighted by molar-refractivity contribution is -0.163. The van der Waals surface area contributed by atoms with Gasteiger partial charge in [-0.05, 0) is 164 Å². The maximum atomic E-state index is 16.3. The molecule has 1 saturated carbocycles. The number of ether oxygens (including phenoxy) is 6. The molecule has 7 atom stereocenters. The summed E-state index contributed by atoms with van der Waals surface area (Å²) in [6.45, 7) is 18.8. The molecule has 4 aromatic carbocycles. The smallest absolute Gasteiger partial charge is 0.410 e. The highest BCUT2D eigenvalue weighted by Gasteiger charge is 2.57. The number of β-amino-alcohol motifs (C(OH)–C–C–N with tert-alkyl or cyclic N) is 1. The number of aliphatic hydroxyl groups excluding tert-OH is 1. The van der Waals surface area contributed by atoms with Crippen LogP contribution in [0, 0.1) is 29.1 Å². The van der Waals surface area contributed by atoms with E-state index in [0.717, 1.165) is 63.4 Å². The summed E-state index contributed by atoms with van der Waals surface area (Å²) in [5, 5.41) is 19.3. The van der Waals surface area contributed by atoms with E-state index >= 15 is 8.78 Å². The van der Waals surface area contributed by atoms with Gasteiger partial charge in [-0.2, -0.15) is 8.78 Å². The Labute approximate surface area is 667 Å². The van der Waals surface area contributed by atoms with Gasteiger partial charge >= 0.3 is 25.2 Å². The Morgan fingerprint density at radius 3 is 2.05 bits per heavy atom. The first-order chi connectivity index (χ1) is 53.7. The number of alkyl halides is 3. The van der Waals surface area contributed by atoms with Gasteiger partial charge in [0.05, 0.1) is 77.3 Å². The van der Waals surface area contributed by atoms with Crippen molar-refractivity contribution in [1.29, 1.82) is 0 Å². The van der Waals surface area contributed by atoms with Crippen molar-refractivity contribution < 1.29 is 103 Å². The Balaban J connectivity index is 0.723. The van der Waals surface area contributed by atoms with Crippen molar-refractivity contribution in [2.24, 2.45) is 27.9 Å². The molecule has 620 valence electrons. The Morgan fingerprint density at radius 1 is 0.807 bits per heavy atom. The fourth-order valence-electron chi connectivity index (χ4n) is 13.4. The minimum atomic E-state index is -5.61. The highest BCUT2D eigenvalue weighted by molar-refractivity contribution is 7.54. The van der Waals surface area contributed by atoms with E-state index < -0.39 is 150 Å². The van der Waals surface area contributed by atoms with Gasteiger partial charge in [-0.25, -0.2) is 9.37 Å². The minimum absolute atomic E-state index is 0.0203. The zero-order chi connectivity index (χ0) is 83.3. The predicted molar refractivity (Wildman–Crippen MR) is 419 cm³/mol. The summed E-state index contributed by atoms with van der Waals surface area (Å²) >= 11 is 1.48. The molecule has 1 saturated heterocycles. The van der Waals surface area contributed by atoms with Crippen LogP contribution >= 0.6 is 18.9 Å². The largest absolute Gasteiger partial charge is 0.491 e. The standard InChI is InChI=1S/C83H107F3N7O19PS/c1-50(55-26-28-61(29-27-55)83(85,86)113(104,111-48-109-77(102)80(7,8)9)112-49-110-78(103)81(10,11)12)39-62(94)40-59-24-22-56-16-13-17-57-41-66(93(69(56)57)74(59)99)73(98)90-64(30-31-68(87)96)52(3)108-46-54-20-18-53(19-21-54)15-14-34-105-35-36-106-37-38-107-67-42-58(70-51(2)89-47-114-70)23-25-60(67)44-88-72(97)65-43-63(95)45-92(65)75(100)71(79(4,5)6)91-76(101)82(84)32-33-82/h13,16-21,23,25-29,39,42,47,52,59,63-66,71,95H,14-15,22,24,30-38,40-41,43-46,48-49H2,1-12H3,(H2,87,96)(H,88,97)(H,90,98)(H,91,101)/b50-39+/t52-,59-,63-,64+,65+,66+,71-/m1/s1. The number of aromatic nitrogens is 1. The van der Waals surface area contributed by atoms with Gasteiger partial charge in [0.1, 0.15) is 30.5 Å². The van der Waals surface area contributed by atoms with Gasteiger partial charge in [-0.1, -0.05) is 99.6 Å².